The Kier molecular flexibility index (Phi) is 6.05. The maximum atomic E-state index is 12.6. The first-order chi connectivity index (χ1) is 15.4. The molecule has 32 heavy (non-hydrogen) atoms. The zero-order valence-corrected chi connectivity index (χ0v) is 18.4. The number of anilines is 2. The van der Waals surface area contributed by atoms with Gasteiger partial charge in [0.2, 0.25) is 0 Å². The van der Waals surface area contributed by atoms with Gasteiger partial charge >= 0.3 is 0 Å². The van der Waals surface area contributed by atoms with E-state index >= 15 is 0 Å². The molecule has 0 aliphatic heterocycles. The van der Waals surface area contributed by atoms with Crippen LogP contribution in [0.5, 0.6) is 0 Å². The first kappa shape index (κ1) is 21.3. The average Bonchev–Trinajstić information content (AvgIpc) is 3.15. The van der Waals surface area contributed by atoms with Crippen LogP contribution in [0.15, 0.2) is 78.9 Å². The highest BCUT2D eigenvalue weighted by Crippen LogP contribution is 2.24. The zero-order valence-electron chi connectivity index (χ0n) is 17.6. The number of nitrogens with one attached hydrogen (secondary N) is 2. The quantitative estimate of drug-likeness (QED) is 0.423. The Morgan fingerprint density at radius 2 is 1.47 bits per heavy atom. The third-order valence-corrected chi connectivity index (χ3v) is 5.40. The highest BCUT2D eigenvalue weighted by atomic mass is 35.5. The van der Waals surface area contributed by atoms with E-state index in [-0.39, 0.29) is 11.8 Å². The monoisotopic (exact) mass is 444 g/mol. The van der Waals surface area contributed by atoms with Gasteiger partial charge in [-0.1, -0.05) is 54.1 Å². The van der Waals surface area contributed by atoms with Crippen molar-refractivity contribution in [3.05, 3.63) is 101 Å². The fourth-order valence-electron chi connectivity index (χ4n) is 3.30. The minimum atomic E-state index is -0.276. The Hall–Kier alpha value is -3.90. The van der Waals surface area contributed by atoms with Gasteiger partial charge in [-0.15, -0.1) is 0 Å². The van der Waals surface area contributed by atoms with Crippen molar-refractivity contribution >= 4 is 34.9 Å². The first-order valence-corrected chi connectivity index (χ1v) is 10.4. The summed E-state index contributed by atoms with van der Waals surface area (Å²) in [6.07, 6.45) is 0. The summed E-state index contributed by atoms with van der Waals surface area (Å²) < 4.78 is 1.62. The maximum Gasteiger partial charge on any atom is 0.257 e. The summed E-state index contributed by atoms with van der Waals surface area (Å²) in [5, 5.41) is 10.6. The number of halogens is 1. The van der Waals surface area contributed by atoms with Gasteiger partial charge in [0.15, 0.2) is 0 Å². The molecule has 0 unspecified atom stereocenters. The van der Waals surface area contributed by atoms with Gasteiger partial charge in [-0.2, -0.15) is 5.10 Å². The molecule has 3 aromatic carbocycles. The second-order valence-electron chi connectivity index (χ2n) is 7.32. The van der Waals surface area contributed by atoms with Crippen LogP contribution in [0.4, 0.5) is 11.5 Å². The lowest BCUT2D eigenvalue weighted by molar-refractivity contribution is 0.101. The molecule has 0 saturated carbocycles. The smallest absolute Gasteiger partial charge is 0.257 e. The van der Waals surface area contributed by atoms with Crippen LogP contribution < -0.4 is 10.6 Å². The molecule has 1 heterocycles. The summed E-state index contributed by atoms with van der Waals surface area (Å²) in [7, 11) is 1.77. The predicted octanol–water partition coefficient (Wildman–Crippen LogP) is 5.55. The van der Waals surface area contributed by atoms with Crippen molar-refractivity contribution in [3.63, 3.8) is 0 Å². The molecule has 0 atom stereocenters. The van der Waals surface area contributed by atoms with Crippen molar-refractivity contribution in [1.82, 2.24) is 9.78 Å². The van der Waals surface area contributed by atoms with Crippen molar-refractivity contribution in [2.75, 3.05) is 10.6 Å². The van der Waals surface area contributed by atoms with E-state index < -0.39 is 0 Å². The standard InChI is InChI=1S/C25H21ClN4O2/c1-16-7-3-4-8-19(16)24(31)28-23-15-22(29-30(23)2)17-11-13-18(14-12-17)27-25(32)20-9-5-6-10-21(20)26/h3-15H,1-2H3,(H,27,32)(H,28,31). The largest absolute Gasteiger partial charge is 0.322 e. The van der Waals surface area contributed by atoms with Crippen molar-refractivity contribution in [3.8, 4) is 11.3 Å². The average molecular weight is 445 g/mol. The number of carbonyl (C=O) groups is 2. The van der Waals surface area contributed by atoms with Crippen LogP contribution in [-0.2, 0) is 7.05 Å². The van der Waals surface area contributed by atoms with Crippen LogP contribution in [0.3, 0.4) is 0 Å². The van der Waals surface area contributed by atoms with Crippen LogP contribution in [0.25, 0.3) is 11.3 Å². The number of carbonyl (C=O) groups excluding carboxylic acids is 2. The number of hydrogen-bond donors (Lipinski definition) is 2. The Morgan fingerprint density at radius 3 is 2.16 bits per heavy atom. The van der Waals surface area contributed by atoms with Gasteiger partial charge in [-0.3, -0.25) is 14.3 Å². The molecule has 0 fully saturated rings. The lowest BCUT2D eigenvalue weighted by Crippen LogP contribution is -2.15. The first-order valence-electron chi connectivity index (χ1n) is 10.00. The van der Waals surface area contributed by atoms with Crippen molar-refractivity contribution < 1.29 is 9.59 Å². The zero-order chi connectivity index (χ0) is 22.7. The molecule has 0 saturated heterocycles. The molecule has 160 valence electrons. The maximum absolute atomic E-state index is 12.6. The second kappa shape index (κ2) is 9.08. The molecule has 0 bridgehead atoms. The molecule has 2 amide bonds. The molecule has 6 nitrogen and oxygen atoms in total. The van der Waals surface area contributed by atoms with E-state index in [1.54, 1.807) is 54.2 Å². The number of aromatic nitrogens is 2. The van der Waals surface area contributed by atoms with Crippen molar-refractivity contribution in [2.24, 2.45) is 7.05 Å². The van der Waals surface area contributed by atoms with E-state index in [1.165, 1.54) is 0 Å². The fraction of sp³-hybridized carbons (Fsp3) is 0.0800. The highest BCUT2D eigenvalue weighted by Gasteiger charge is 2.14. The topological polar surface area (TPSA) is 76.0 Å². The van der Waals surface area contributed by atoms with E-state index in [9.17, 15) is 9.59 Å². The Balaban J connectivity index is 1.48. The van der Waals surface area contributed by atoms with Crippen LogP contribution in [0.1, 0.15) is 26.3 Å². The van der Waals surface area contributed by atoms with Gasteiger partial charge in [0.05, 0.1) is 16.3 Å². The number of amides is 2. The molecule has 2 N–H and O–H groups in total. The molecule has 1 aromatic heterocycles. The van der Waals surface area contributed by atoms with E-state index in [4.69, 9.17) is 11.6 Å². The van der Waals surface area contributed by atoms with Crippen LogP contribution in [0, 0.1) is 6.92 Å². The van der Waals surface area contributed by atoms with E-state index in [0.717, 1.165) is 11.1 Å². The summed E-state index contributed by atoms with van der Waals surface area (Å²) in [6.45, 7) is 1.90. The third-order valence-electron chi connectivity index (χ3n) is 5.07. The van der Waals surface area contributed by atoms with Gasteiger partial charge in [0.25, 0.3) is 11.8 Å². The second-order valence-corrected chi connectivity index (χ2v) is 7.73. The molecular formula is C25H21ClN4O2. The summed E-state index contributed by atoms with van der Waals surface area (Å²) in [5.74, 6) is 0.127. The lowest BCUT2D eigenvalue weighted by Gasteiger charge is -2.07. The van der Waals surface area contributed by atoms with Crippen molar-refractivity contribution in [2.45, 2.75) is 6.92 Å². The molecule has 4 rings (SSSR count). The molecule has 7 heteroatoms. The van der Waals surface area contributed by atoms with Gasteiger partial charge in [0.1, 0.15) is 5.82 Å². The SMILES string of the molecule is Cc1ccccc1C(=O)Nc1cc(-c2ccc(NC(=O)c3ccccc3Cl)cc2)nn1C. The van der Waals surface area contributed by atoms with Gasteiger partial charge in [0, 0.05) is 29.9 Å². The highest BCUT2D eigenvalue weighted by molar-refractivity contribution is 6.34. The van der Waals surface area contributed by atoms with Crippen LogP contribution in [0.2, 0.25) is 5.02 Å². The molecular weight excluding hydrogens is 424 g/mol. The predicted molar refractivity (Wildman–Crippen MR) is 127 cm³/mol. The summed E-state index contributed by atoms with van der Waals surface area (Å²) in [6, 6.07) is 23.4. The summed E-state index contributed by atoms with van der Waals surface area (Å²) >= 11 is 6.09. The minimum absolute atomic E-state index is 0.185. The van der Waals surface area contributed by atoms with Gasteiger partial charge in [-0.05, 0) is 42.8 Å². The number of hydrogen-bond acceptors (Lipinski definition) is 3. The van der Waals surface area contributed by atoms with Crippen molar-refractivity contribution in [1.29, 1.82) is 0 Å². The van der Waals surface area contributed by atoms with Crippen LogP contribution in [-0.4, -0.2) is 21.6 Å². The Labute approximate surface area is 190 Å². The Bertz CT molecular complexity index is 1300. The summed E-state index contributed by atoms with van der Waals surface area (Å²) in [4.78, 5) is 25.0. The van der Waals surface area contributed by atoms with E-state index in [1.807, 2.05) is 43.3 Å². The van der Waals surface area contributed by atoms with E-state index in [0.29, 0.717) is 33.3 Å². The number of aryl methyl sites for hydroxylation is 2. The molecule has 0 radical (unpaired) electrons. The van der Waals surface area contributed by atoms with Crippen LogP contribution >= 0.6 is 11.6 Å². The number of benzene rings is 3. The normalized spacial score (nSPS) is 10.6. The minimum Gasteiger partial charge on any atom is -0.322 e. The number of rotatable bonds is 5. The molecule has 0 aliphatic rings. The molecule has 0 spiro atoms. The number of nitrogens with zero attached hydrogens (tertiary/aromatic N) is 2. The van der Waals surface area contributed by atoms with E-state index in [2.05, 4.69) is 15.7 Å². The summed E-state index contributed by atoms with van der Waals surface area (Å²) in [5.41, 5.74) is 4.14. The Morgan fingerprint density at radius 1 is 0.844 bits per heavy atom. The molecule has 0 aliphatic carbocycles. The fourth-order valence-corrected chi connectivity index (χ4v) is 3.53. The van der Waals surface area contributed by atoms with Gasteiger partial charge in [-0.25, -0.2) is 0 Å². The lowest BCUT2D eigenvalue weighted by atomic mass is 10.1. The molecule has 4 aromatic rings. The third kappa shape index (κ3) is 4.55. The van der Waals surface area contributed by atoms with Gasteiger partial charge < -0.3 is 10.6 Å².